The van der Waals surface area contributed by atoms with E-state index in [0.717, 1.165) is 74.1 Å². The van der Waals surface area contributed by atoms with E-state index in [1.807, 2.05) is 42.0 Å². The Bertz CT molecular complexity index is 2620. The number of esters is 1. The van der Waals surface area contributed by atoms with Gasteiger partial charge >= 0.3 is 12.1 Å². The van der Waals surface area contributed by atoms with Gasteiger partial charge in [0.25, 0.3) is 0 Å². The number of aromatic amines is 1. The summed E-state index contributed by atoms with van der Waals surface area (Å²) in [5, 5.41) is 4.84. The number of aromatic nitrogens is 4. The zero-order chi connectivity index (χ0) is 42.4. The lowest BCUT2D eigenvalue weighted by Crippen LogP contribution is -2.53. The summed E-state index contributed by atoms with van der Waals surface area (Å²) in [6.07, 6.45) is 10.9. The second-order valence-corrected chi connectivity index (χ2v) is 16.6. The van der Waals surface area contributed by atoms with Gasteiger partial charge in [-0.05, 0) is 76.8 Å². The summed E-state index contributed by atoms with van der Waals surface area (Å²) in [5.41, 5.74) is 8.67. The van der Waals surface area contributed by atoms with Crippen LogP contribution in [0.4, 0.5) is 10.5 Å². The van der Waals surface area contributed by atoms with Crippen molar-refractivity contribution in [1.82, 2.24) is 30.2 Å². The second-order valence-electron chi connectivity index (χ2n) is 16.6. The van der Waals surface area contributed by atoms with Crippen LogP contribution >= 0.6 is 0 Å². The maximum Gasteiger partial charge on any atom is 0.407 e. The van der Waals surface area contributed by atoms with E-state index in [2.05, 4.69) is 52.8 Å². The highest BCUT2D eigenvalue weighted by atomic mass is 16.5. The Morgan fingerprint density at radius 1 is 0.885 bits per heavy atom. The Hall–Kier alpha value is -6.70. The van der Waals surface area contributed by atoms with Crippen molar-refractivity contribution in [2.45, 2.75) is 76.9 Å². The summed E-state index contributed by atoms with van der Waals surface area (Å²) < 4.78 is 9.70. The topological polar surface area (TPSA) is 172 Å². The predicted molar refractivity (Wildman–Crippen MR) is 230 cm³/mol. The number of benzene rings is 3. The summed E-state index contributed by atoms with van der Waals surface area (Å²) in [5.74, 6) is 0.121. The van der Waals surface area contributed by atoms with Crippen LogP contribution in [0, 0.1) is 11.8 Å². The molecule has 61 heavy (non-hydrogen) atoms. The molecule has 0 saturated carbocycles. The van der Waals surface area contributed by atoms with Crippen LogP contribution in [0.25, 0.3) is 39.0 Å². The van der Waals surface area contributed by atoms with E-state index < -0.39 is 18.1 Å². The summed E-state index contributed by atoms with van der Waals surface area (Å²) in [4.78, 5) is 78.0. The number of aryl methyl sites for hydroxylation is 1. The van der Waals surface area contributed by atoms with Gasteiger partial charge in [0.15, 0.2) is 5.82 Å². The van der Waals surface area contributed by atoms with Crippen LogP contribution in [0.3, 0.4) is 0 Å². The number of likely N-dealkylation sites (tertiary alicyclic amines) is 1. The molecule has 0 spiro atoms. The molecule has 14 nitrogen and oxygen atoms in total. The smallest absolute Gasteiger partial charge is 0.407 e. The highest BCUT2D eigenvalue weighted by molar-refractivity contribution is 6.05. The molecule has 3 amide bonds. The molecule has 2 aromatic heterocycles. The number of amides is 3. The number of anilines is 1. The Balaban J connectivity index is 0.871. The first kappa shape index (κ1) is 39.7. The number of aliphatic imine (C=N–C) groups is 1. The second kappa shape index (κ2) is 16.4. The molecule has 6 heterocycles. The van der Waals surface area contributed by atoms with Gasteiger partial charge in [0, 0.05) is 60.7 Å². The van der Waals surface area contributed by atoms with Crippen LogP contribution in [0.2, 0.25) is 0 Å². The van der Waals surface area contributed by atoms with Crippen molar-refractivity contribution in [2.24, 2.45) is 16.8 Å². The van der Waals surface area contributed by atoms with Gasteiger partial charge in [-0.25, -0.2) is 19.7 Å². The number of hydrogen-bond donors (Lipinski definition) is 2. The van der Waals surface area contributed by atoms with Crippen LogP contribution < -0.4 is 10.2 Å². The van der Waals surface area contributed by atoms with Crippen molar-refractivity contribution in [1.29, 1.82) is 0 Å². The summed E-state index contributed by atoms with van der Waals surface area (Å²) in [6.45, 7) is 4.45. The van der Waals surface area contributed by atoms with Crippen molar-refractivity contribution in [3.05, 3.63) is 102 Å². The lowest BCUT2D eigenvalue weighted by molar-refractivity contribution is -0.144. The Morgan fingerprint density at radius 3 is 2.39 bits per heavy atom. The number of fused-ring (bicyclic) bond motifs is 1. The van der Waals surface area contributed by atoms with Gasteiger partial charge in [-0.3, -0.25) is 19.4 Å². The van der Waals surface area contributed by atoms with E-state index in [1.165, 1.54) is 14.2 Å². The minimum Gasteiger partial charge on any atom is -0.469 e. The van der Waals surface area contributed by atoms with Gasteiger partial charge in [0.2, 0.25) is 11.8 Å². The fraction of sp³-hybridized carbons (Fsp3) is 0.362. The number of imidazole rings is 1. The summed E-state index contributed by atoms with van der Waals surface area (Å²) >= 11 is 0. The molecule has 4 aliphatic rings. The SMILES string of the molecule is COC(=O)C[C@H]1CCc2cccc3c2N(C1=O)[C@H](c1ncc(-c2cnc(-c4ccc5cc(C6=CN=C([C@@H]7CCCN7C(=O)[C@@H](NC(=O)OC)C(C)C)C6)ccc5c4)nc2)[nH]1)C3. The van der Waals surface area contributed by atoms with Crippen LogP contribution in [0.1, 0.15) is 74.5 Å². The summed E-state index contributed by atoms with van der Waals surface area (Å²) in [7, 11) is 2.65. The number of nitrogens with one attached hydrogen (secondary N) is 2. The molecule has 1 fully saturated rings. The number of allylic oxidation sites excluding steroid dienone is 1. The number of H-pyrrole nitrogens is 1. The quantitative estimate of drug-likeness (QED) is 0.141. The average molecular weight is 821 g/mol. The first-order chi connectivity index (χ1) is 29.6. The van der Waals surface area contributed by atoms with Gasteiger partial charge in [0.05, 0.1) is 50.3 Å². The minimum absolute atomic E-state index is 0.0487. The monoisotopic (exact) mass is 820 g/mol. The van der Waals surface area contributed by atoms with Gasteiger partial charge < -0.3 is 29.6 Å². The van der Waals surface area contributed by atoms with Gasteiger partial charge in [-0.2, -0.15) is 0 Å². The van der Waals surface area contributed by atoms with Gasteiger partial charge in [0.1, 0.15) is 11.9 Å². The summed E-state index contributed by atoms with van der Waals surface area (Å²) in [6, 6.07) is 17.6. The largest absolute Gasteiger partial charge is 0.469 e. The first-order valence-corrected chi connectivity index (χ1v) is 20.9. The number of carbonyl (C=O) groups excluding carboxylic acids is 4. The number of hydrogen-bond acceptors (Lipinski definition) is 10. The van der Waals surface area contributed by atoms with Gasteiger partial charge in [-0.15, -0.1) is 0 Å². The van der Waals surface area contributed by atoms with E-state index in [4.69, 9.17) is 29.4 Å². The molecular weight excluding hydrogens is 773 g/mol. The lowest BCUT2D eigenvalue weighted by Gasteiger charge is -2.31. The van der Waals surface area contributed by atoms with Crippen LogP contribution in [0.15, 0.2) is 84.4 Å². The molecule has 14 heteroatoms. The molecule has 4 aliphatic heterocycles. The number of carbonyl (C=O) groups is 4. The third-order valence-corrected chi connectivity index (χ3v) is 12.6. The van der Waals surface area contributed by atoms with E-state index in [-0.39, 0.29) is 42.2 Å². The van der Waals surface area contributed by atoms with Gasteiger partial charge in [-0.1, -0.05) is 56.3 Å². The fourth-order valence-corrected chi connectivity index (χ4v) is 9.32. The van der Waals surface area contributed by atoms with E-state index >= 15 is 0 Å². The van der Waals surface area contributed by atoms with Crippen molar-refractivity contribution >= 4 is 51.6 Å². The maximum absolute atomic E-state index is 14.0. The maximum atomic E-state index is 14.0. The third kappa shape index (κ3) is 7.55. The lowest BCUT2D eigenvalue weighted by atomic mass is 9.95. The molecule has 4 atom stereocenters. The van der Waals surface area contributed by atoms with Crippen molar-refractivity contribution in [3.63, 3.8) is 0 Å². The normalized spacial score (nSPS) is 20.0. The zero-order valence-corrected chi connectivity index (χ0v) is 34.7. The third-order valence-electron chi connectivity index (χ3n) is 12.6. The molecule has 1 saturated heterocycles. The zero-order valence-electron chi connectivity index (χ0n) is 34.7. The Kier molecular flexibility index (Phi) is 10.7. The van der Waals surface area contributed by atoms with Crippen molar-refractivity contribution in [2.75, 3.05) is 25.7 Å². The van der Waals surface area contributed by atoms with Crippen molar-refractivity contribution in [3.8, 4) is 22.6 Å². The minimum atomic E-state index is -0.671. The van der Waals surface area contributed by atoms with E-state index in [9.17, 15) is 19.2 Å². The van der Waals surface area contributed by atoms with Crippen LogP contribution in [0.5, 0.6) is 0 Å². The molecule has 0 bridgehead atoms. The highest BCUT2D eigenvalue weighted by Crippen LogP contribution is 2.46. The molecule has 9 rings (SSSR count). The number of para-hydroxylation sites is 1. The number of nitrogens with zero attached hydrogens (tertiary/aromatic N) is 6. The molecule has 5 aromatic rings. The van der Waals surface area contributed by atoms with E-state index in [1.54, 1.807) is 18.6 Å². The van der Waals surface area contributed by atoms with Crippen LogP contribution in [-0.2, 0) is 36.7 Å². The fourth-order valence-electron chi connectivity index (χ4n) is 9.32. The standard InChI is InChI=1S/C47H48N8O6/c1-26(2)41(53-47(59)61-4)46(58)54-16-6-9-38(54)36-19-34(22-48-36)30-12-11-29-18-32(14-13-28(29)17-30)43-49-23-35(24-50-43)37-25-51-44(52-37)39-20-31-8-5-7-27-10-15-33(21-40(56)60-3)45(57)55(39)42(27)31/h5,7-8,11-14,17-18,22-26,33,38-39,41H,6,9-10,15-16,19-21H2,1-4H3,(H,51,52)(H,53,59)/t33-,38+,39+,41+/m1/s1. The molecule has 2 N–H and O–H groups in total. The highest BCUT2D eigenvalue weighted by Gasteiger charge is 2.43. The first-order valence-electron chi connectivity index (χ1n) is 20.9. The number of alkyl carbamates (subject to hydrolysis) is 1. The van der Waals surface area contributed by atoms with E-state index in [0.29, 0.717) is 43.9 Å². The van der Waals surface area contributed by atoms with Crippen molar-refractivity contribution < 1.29 is 28.7 Å². The number of rotatable bonds is 10. The Labute approximate surface area is 353 Å². The molecule has 3 aromatic carbocycles. The van der Waals surface area contributed by atoms with Crippen LogP contribution in [-0.4, -0.2) is 87.3 Å². The average Bonchev–Trinajstić information content (AvgIpc) is 4.11. The molecular formula is C47H48N8O6. The Morgan fingerprint density at radius 2 is 1.64 bits per heavy atom. The molecule has 312 valence electrons. The number of ether oxygens (including phenoxy) is 2. The molecule has 0 unspecified atom stereocenters. The molecule has 0 aliphatic carbocycles. The number of methoxy groups -OCH3 is 2. The molecule has 0 radical (unpaired) electrons. The predicted octanol–water partition coefficient (Wildman–Crippen LogP) is 7.00.